The Kier molecular flexibility index (Phi) is 4.42. The zero-order valence-electron chi connectivity index (χ0n) is 9.88. The molecular formula is C14H20BrN. The first kappa shape index (κ1) is 12.1. The van der Waals surface area contributed by atoms with E-state index < -0.39 is 0 Å². The van der Waals surface area contributed by atoms with Crippen LogP contribution < -0.4 is 5.32 Å². The van der Waals surface area contributed by atoms with Crippen LogP contribution in [-0.2, 0) is 6.42 Å². The molecule has 0 heterocycles. The summed E-state index contributed by atoms with van der Waals surface area (Å²) in [6.45, 7) is 3.48. The van der Waals surface area contributed by atoms with Gasteiger partial charge in [0.05, 0.1) is 0 Å². The van der Waals surface area contributed by atoms with Gasteiger partial charge in [0.15, 0.2) is 0 Å². The van der Waals surface area contributed by atoms with Gasteiger partial charge in [-0.05, 0) is 56.3 Å². The van der Waals surface area contributed by atoms with Crippen LogP contribution in [0.25, 0.3) is 0 Å². The fourth-order valence-corrected chi connectivity index (χ4v) is 2.60. The lowest BCUT2D eigenvalue weighted by Crippen LogP contribution is -2.34. The maximum absolute atomic E-state index is 3.64. The molecule has 1 N–H and O–H groups in total. The van der Waals surface area contributed by atoms with Crippen LogP contribution in [0.15, 0.2) is 28.7 Å². The summed E-state index contributed by atoms with van der Waals surface area (Å²) >= 11 is 3.51. The lowest BCUT2D eigenvalue weighted by molar-refractivity contribution is 0.291. The number of rotatable bonds is 5. The monoisotopic (exact) mass is 281 g/mol. The molecule has 0 saturated heterocycles. The van der Waals surface area contributed by atoms with E-state index in [9.17, 15) is 0 Å². The summed E-state index contributed by atoms with van der Waals surface area (Å²) < 4.78 is 1.18. The molecule has 2 rings (SSSR count). The number of halogens is 1. The first-order chi connectivity index (χ1) is 7.74. The third-order valence-electron chi connectivity index (χ3n) is 3.41. The molecular weight excluding hydrogens is 262 g/mol. The molecule has 1 nitrogen and oxygen atoms in total. The van der Waals surface area contributed by atoms with Gasteiger partial charge in [-0.1, -0.05) is 34.5 Å². The van der Waals surface area contributed by atoms with Gasteiger partial charge in [-0.3, -0.25) is 0 Å². The van der Waals surface area contributed by atoms with Crippen molar-refractivity contribution in [2.24, 2.45) is 5.92 Å². The van der Waals surface area contributed by atoms with E-state index in [1.165, 1.54) is 35.8 Å². The zero-order valence-corrected chi connectivity index (χ0v) is 11.5. The van der Waals surface area contributed by atoms with E-state index in [4.69, 9.17) is 0 Å². The summed E-state index contributed by atoms with van der Waals surface area (Å²) in [5, 5.41) is 3.64. The van der Waals surface area contributed by atoms with Crippen LogP contribution in [0.4, 0.5) is 0 Å². The maximum Gasteiger partial charge on any atom is 0.0178 e. The molecule has 0 spiro atoms. The predicted octanol–water partition coefficient (Wildman–Crippen LogP) is 3.77. The SMILES string of the molecule is CC(Cc1cccc(Br)c1)NCC1CCC1. The molecule has 2 heteroatoms. The zero-order chi connectivity index (χ0) is 11.4. The van der Waals surface area contributed by atoms with Crippen LogP contribution in [0.3, 0.4) is 0 Å². The topological polar surface area (TPSA) is 12.0 Å². The van der Waals surface area contributed by atoms with Crippen LogP contribution in [-0.4, -0.2) is 12.6 Å². The van der Waals surface area contributed by atoms with Crippen molar-refractivity contribution in [3.63, 3.8) is 0 Å². The Labute approximate surface area is 107 Å². The molecule has 0 radical (unpaired) electrons. The van der Waals surface area contributed by atoms with Crippen LogP contribution in [0.5, 0.6) is 0 Å². The molecule has 0 aliphatic heterocycles. The molecule has 0 amide bonds. The molecule has 1 atom stereocenters. The van der Waals surface area contributed by atoms with Crippen molar-refractivity contribution in [2.45, 2.75) is 38.6 Å². The van der Waals surface area contributed by atoms with E-state index in [2.05, 4.69) is 52.4 Å². The molecule has 1 unspecified atom stereocenters. The summed E-state index contributed by atoms with van der Waals surface area (Å²) in [5.41, 5.74) is 1.41. The van der Waals surface area contributed by atoms with Gasteiger partial charge in [-0.2, -0.15) is 0 Å². The van der Waals surface area contributed by atoms with Crippen molar-refractivity contribution < 1.29 is 0 Å². The van der Waals surface area contributed by atoms with Crippen molar-refractivity contribution in [1.82, 2.24) is 5.32 Å². The van der Waals surface area contributed by atoms with E-state index in [-0.39, 0.29) is 0 Å². The lowest BCUT2D eigenvalue weighted by atomic mass is 9.85. The van der Waals surface area contributed by atoms with Gasteiger partial charge < -0.3 is 5.32 Å². The third kappa shape index (κ3) is 3.60. The van der Waals surface area contributed by atoms with E-state index in [1.807, 2.05) is 0 Å². The van der Waals surface area contributed by atoms with Gasteiger partial charge in [0.25, 0.3) is 0 Å². The second-order valence-electron chi connectivity index (χ2n) is 4.94. The smallest absolute Gasteiger partial charge is 0.0178 e. The molecule has 1 aromatic rings. The summed E-state index contributed by atoms with van der Waals surface area (Å²) in [7, 11) is 0. The molecule has 16 heavy (non-hydrogen) atoms. The second kappa shape index (κ2) is 5.83. The first-order valence-corrected chi connectivity index (χ1v) is 7.01. The lowest BCUT2D eigenvalue weighted by Gasteiger charge is -2.27. The maximum atomic E-state index is 3.64. The minimum Gasteiger partial charge on any atom is -0.314 e. The van der Waals surface area contributed by atoms with Gasteiger partial charge in [0.2, 0.25) is 0 Å². The van der Waals surface area contributed by atoms with E-state index >= 15 is 0 Å². The fourth-order valence-electron chi connectivity index (χ4n) is 2.15. The van der Waals surface area contributed by atoms with Gasteiger partial charge in [-0.15, -0.1) is 0 Å². The molecule has 1 saturated carbocycles. The number of nitrogens with one attached hydrogen (secondary N) is 1. The Balaban J connectivity index is 1.75. The highest BCUT2D eigenvalue weighted by atomic mass is 79.9. The van der Waals surface area contributed by atoms with Crippen molar-refractivity contribution in [3.05, 3.63) is 34.3 Å². The Morgan fingerprint density at radius 1 is 1.44 bits per heavy atom. The minimum absolute atomic E-state index is 0.579. The summed E-state index contributed by atoms with van der Waals surface area (Å²) in [4.78, 5) is 0. The Morgan fingerprint density at radius 3 is 2.88 bits per heavy atom. The Hall–Kier alpha value is -0.340. The fraction of sp³-hybridized carbons (Fsp3) is 0.571. The third-order valence-corrected chi connectivity index (χ3v) is 3.90. The molecule has 0 bridgehead atoms. The molecule has 1 fully saturated rings. The Bertz CT molecular complexity index is 333. The van der Waals surface area contributed by atoms with Crippen LogP contribution >= 0.6 is 15.9 Å². The highest BCUT2D eigenvalue weighted by Crippen LogP contribution is 2.25. The summed E-state index contributed by atoms with van der Waals surface area (Å²) in [6, 6.07) is 9.18. The first-order valence-electron chi connectivity index (χ1n) is 6.22. The highest BCUT2D eigenvalue weighted by molar-refractivity contribution is 9.10. The molecule has 1 aliphatic carbocycles. The Morgan fingerprint density at radius 2 is 2.25 bits per heavy atom. The molecule has 88 valence electrons. The van der Waals surface area contributed by atoms with E-state index in [0.29, 0.717) is 6.04 Å². The van der Waals surface area contributed by atoms with Crippen molar-refractivity contribution in [2.75, 3.05) is 6.54 Å². The van der Waals surface area contributed by atoms with Crippen molar-refractivity contribution >= 4 is 15.9 Å². The highest BCUT2D eigenvalue weighted by Gasteiger charge is 2.17. The van der Waals surface area contributed by atoms with Crippen LogP contribution in [0.1, 0.15) is 31.7 Å². The molecule has 0 aromatic heterocycles. The average Bonchev–Trinajstić information content (AvgIpc) is 2.15. The van der Waals surface area contributed by atoms with Gasteiger partial charge in [0, 0.05) is 10.5 Å². The van der Waals surface area contributed by atoms with Gasteiger partial charge in [0.1, 0.15) is 0 Å². The van der Waals surface area contributed by atoms with Gasteiger partial charge >= 0.3 is 0 Å². The van der Waals surface area contributed by atoms with Crippen molar-refractivity contribution in [3.8, 4) is 0 Å². The largest absolute Gasteiger partial charge is 0.314 e. The van der Waals surface area contributed by atoms with E-state index in [1.54, 1.807) is 0 Å². The molecule has 1 aliphatic rings. The second-order valence-corrected chi connectivity index (χ2v) is 5.86. The van der Waals surface area contributed by atoms with Crippen LogP contribution in [0, 0.1) is 5.92 Å². The normalized spacial score (nSPS) is 18.1. The van der Waals surface area contributed by atoms with Crippen LogP contribution in [0.2, 0.25) is 0 Å². The number of hydrogen-bond acceptors (Lipinski definition) is 1. The van der Waals surface area contributed by atoms with E-state index in [0.717, 1.165) is 12.3 Å². The van der Waals surface area contributed by atoms with Gasteiger partial charge in [-0.25, -0.2) is 0 Å². The summed E-state index contributed by atoms with van der Waals surface area (Å²) in [5.74, 6) is 0.949. The quantitative estimate of drug-likeness (QED) is 0.867. The predicted molar refractivity (Wildman–Crippen MR) is 72.7 cm³/mol. The standard InChI is InChI=1S/C14H20BrN/c1-11(16-10-12-4-2-5-12)8-13-6-3-7-14(15)9-13/h3,6-7,9,11-12,16H,2,4-5,8,10H2,1H3. The molecule has 1 aromatic carbocycles. The summed E-state index contributed by atoms with van der Waals surface area (Å²) in [6.07, 6.45) is 5.41. The minimum atomic E-state index is 0.579. The number of benzene rings is 1. The number of hydrogen-bond donors (Lipinski definition) is 1. The average molecular weight is 282 g/mol. The van der Waals surface area contributed by atoms with Crippen molar-refractivity contribution in [1.29, 1.82) is 0 Å².